The summed E-state index contributed by atoms with van der Waals surface area (Å²) in [5.74, 6) is -2.09. The summed E-state index contributed by atoms with van der Waals surface area (Å²) in [4.78, 5) is 0. The molecule has 0 heterocycles. The first-order chi connectivity index (χ1) is 16.0. The molecular weight excluding hydrogens is 424 g/mol. The minimum absolute atomic E-state index is 0.112. The number of hydrogen-bond donors (Lipinski definition) is 0. The fraction of sp³-hybridized carbons (Fsp3) is 0.259. The second-order valence-corrected chi connectivity index (χ2v) is 8.15. The van der Waals surface area contributed by atoms with Crippen LogP contribution in [0.5, 0.6) is 5.75 Å². The summed E-state index contributed by atoms with van der Waals surface area (Å²) in [6, 6.07) is 14.9. The van der Waals surface area contributed by atoms with E-state index in [0.29, 0.717) is 17.0 Å². The Hall–Kier alpha value is -2.99. The molecule has 0 saturated heterocycles. The maximum atomic E-state index is 14.9. The van der Waals surface area contributed by atoms with E-state index in [1.165, 1.54) is 18.2 Å². The second kappa shape index (κ2) is 10.3. The Kier molecular flexibility index (Phi) is 7.24. The second-order valence-electron chi connectivity index (χ2n) is 8.15. The molecule has 0 saturated carbocycles. The molecule has 1 unspecified atom stereocenters. The van der Waals surface area contributed by atoms with E-state index in [1.54, 1.807) is 31.4 Å². The molecule has 3 aromatic rings. The first kappa shape index (κ1) is 23.2. The summed E-state index contributed by atoms with van der Waals surface area (Å²) < 4.78 is 53.7. The van der Waals surface area contributed by atoms with Gasteiger partial charge < -0.3 is 9.47 Å². The normalized spacial score (nSPS) is 15.9. The van der Waals surface area contributed by atoms with Gasteiger partial charge in [-0.05, 0) is 65.6 Å². The highest BCUT2D eigenvalue weighted by atomic mass is 19.2. The summed E-state index contributed by atoms with van der Waals surface area (Å²) in [5, 5.41) is 0. The van der Waals surface area contributed by atoms with Gasteiger partial charge in [0, 0.05) is 31.3 Å². The molecule has 0 spiro atoms. The summed E-state index contributed by atoms with van der Waals surface area (Å²) in [7, 11) is 6.93. The van der Waals surface area contributed by atoms with Gasteiger partial charge in [0.2, 0.25) is 5.82 Å². The molecule has 0 aromatic heterocycles. The average molecular weight is 448 g/mol. The van der Waals surface area contributed by atoms with Crippen LogP contribution in [0.3, 0.4) is 0 Å². The molecule has 1 aliphatic rings. The Morgan fingerprint density at radius 2 is 1.58 bits per heavy atom. The molecule has 33 heavy (non-hydrogen) atoms. The first-order valence-electron chi connectivity index (χ1n) is 10.9. The summed E-state index contributed by atoms with van der Waals surface area (Å²) in [6.45, 7) is 0.481. The Bertz CT molecular complexity index is 1160. The van der Waals surface area contributed by atoms with E-state index >= 15 is 0 Å². The third-order valence-electron chi connectivity index (χ3n) is 6.05. The molecule has 0 N–H and O–H groups in total. The Balaban J connectivity index is 1.54. The van der Waals surface area contributed by atoms with Crippen LogP contribution in [0.4, 0.5) is 13.2 Å². The summed E-state index contributed by atoms with van der Waals surface area (Å²) in [5.41, 5.74) is 3.77. The van der Waals surface area contributed by atoms with Crippen molar-refractivity contribution >= 4 is 13.4 Å². The number of benzene rings is 3. The van der Waals surface area contributed by atoms with E-state index in [0.717, 1.165) is 42.6 Å². The minimum atomic E-state index is -1.08. The van der Waals surface area contributed by atoms with Crippen molar-refractivity contribution in [2.45, 2.75) is 19.3 Å². The minimum Gasteiger partial charge on any atom is -0.500 e. The molecule has 4 rings (SSSR count). The van der Waals surface area contributed by atoms with E-state index in [1.807, 2.05) is 12.1 Å². The molecule has 1 atom stereocenters. The van der Waals surface area contributed by atoms with Gasteiger partial charge in [-0.1, -0.05) is 42.5 Å². The molecule has 168 valence electrons. The third-order valence-corrected chi connectivity index (χ3v) is 6.05. The lowest BCUT2D eigenvalue weighted by atomic mass is 9.86. The number of methoxy groups -OCH3 is 1. The van der Waals surface area contributed by atoms with E-state index < -0.39 is 11.6 Å². The number of hydrogen-bond acceptors (Lipinski definition) is 2. The zero-order valence-corrected chi connectivity index (χ0v) is 18.4. The Morgan fingerprint density at radius 1 is 0.879 bits per heavy atom. The van der Waals surface area contributed by atoms with Crippen molar-refractivity contribution in [3.05, 3.63) is 83.7 Å². The molecule has 3 aromatic carbocycles. The smallest absolute Gasteiger partial charge is 0.201 e. The zero-order chi connectivity index (χ0) is 23.4. The van der Waals surface area contributed by atoms with Crippen LogP contribution in [0.15, 0.2) is 60.7 Å². The van der Waals surface area contributed by atoms with E-state index in [2.05, 4.69) is 6.08 Å². The zero-order valence-electron chi connectivity index (χ0n) is 18.4. The van der Waals surface area contributed by atoms with Gasteiger partial charge in [0.05, 0.1) is 0 Å². The van der Waals surface area contributed by atoms with Crippen LogP contribution in [0.1, 0.15) is 24.8 Å². The standard InChI is InChI=1S/C27H24BF3O2/c1-32-15-17-2-4-19(5-3-17)22-11-10-21(14-24(22)29)18-6-8-20(9-7-18)23-12-13-25(33-16-28)27(31)26(23)30/h4,6-14,17H,2-3,5,15-16H2,1H3. The van der Waals surface area contributed by atoms with Crippen LogP contribution in [0.2, 0.25) is 0 Å². The van der Waals surface area contributed by atoms with Crippen molar-refractivity contribution in [1.29, 1.82) is 0 Å². The van der Waals surface area contributed by atoms with Crippen LogP contribution in [-0.4, -0.2) is 28.1 Å². The summed E-state index contributed by atoms with van der Waals surface area (Å²) >= 11 is 0. The van der Waals surface area contributed by atoms with Gasteiger partial charge in [-0.25, -0.2) is 8.78 Å². The van der Waals surface area contributed by atoms with Gasteiger partial charge in [-0.3, -0.25) is 0 Å². The van der Waals surface area contributed by atoms with E-state index in [-0.39, 0.29) is 23.6 Å². The van der Waals surface area contributed by atoms with Gasteiger partial charge in [0.15, 0.2) is 11.6 Å². The van der Waals surface area contributed by atoms with Crippen LogP contribution in [-0.2, 0) is 4.74 Å². The highest BCUT2D eigenvalue weighted by Gasteiger charge is 2.18. The van der Waals surface area contributed by atoms with Crippen molar-refractivity contribution in [3.8, 4) is 28.0 Å². The van der Waals surface area contributed by atoms with Gasteiger partial charge >= 0.3 is 0 Å². The fourth-order valence-electron chi connectivity index (χ4n) is 4.27. The van der Waals surface area contributed by atoms with Crippen molar-refractivity contribution < 1.29 is 22.6 Å². The number of halogens is 3. The molecule has 2 radical (unpaired) electrons. The van der Waals surface area contributed by atoms with E-state index in [4.69, 9.17) is 17.3 Å². The maximum Gasteiger partial charge on any atom is 0.201 e. The van der Waals surface area contributed by atoms with Crippen molar-refractivity contribution in [1.82, 2.24) is 0 Å². The molecular formula is C27H24BF3O2. The van der Waals surface area contributed by atoms with Gasteiger partial charge in [0.1, 0.15) is 13.7 Å². The average Bonchev–Trinajstić information content (AvgIpc) is 2.83. The summed E-state index contributed by atoms with van der Waals surface area (Å²) in [6.07, 6.45) is 4.81. The van der Waals surface area contributed by atoms with Crippen LogP contribution in [0, 0.1) is 23.4 Å². The number of rotatable bonds is 7. The van der Waals surface area contributed by atoms with Gasteiger partial charge in [0.25, 0.3) is 0 Å². The predicted octanol–water partition coefficient (Wildman–Crippen LogP) is 6.77. The van der Waals surface area contributed by atoms with Gasteiger partial charge in [-0.2, -0.15) is 4.39 Å². The quantitative estimate of drug-likeness (QED) is 0.372. The van der Waals surface area contributed by atoms with Crippen molar-refractivity contribution in [2.24, 2.45) is 5.92 Å². The fourth-order valence-corrected chi connectivity index (χ4v) is 4.27. The number of allylic oxidation sites excluding steroid dienone is 2. The van der Waals surface area contributed by atoms with Crippen LogP contribution >= 0.6 is 0 Å². The third kappa shape index (κ3) is 5.01. The lowest BCUT2D eigenvalue weighted by Gasteiger charge is -2.21. The predicted molar refractivity (Wildman–Crippen MR) is 126 cm³/mol. The maximum absolute atomic E-state index is 14.9. The van der Waals surface area contributed by atoms with Crippen LogP contribution < -0.4 is 4.74 Å². The van der Waals surface area contributed by atoms with Crippen LogP contribution in [0.25, 0.3) is 27.8 Å². The van der Waals surface area contributed by atoms with Gasteiger partial charge in [-0.15, -0.1) is 0 Å². The lowest BCUT2D eigenvalue weighted by Crippen LogP contribution is -2.11. The Morgan fingerprint density at radius 3 is 2.21 bits per heavy atom. The van der Waals surface area contributed by atoms with Crippen molar-refractivity contribution in [2.75, 3.05) is 20.2 Å². The molecule has 0 fully saturated rings. The topological polar surface area (TPSA) is 18.5 Å². The Labute approximate surface area is 193 Å². The first-order valence-corrected chi connectivity index (χ1v) is 10.9. The monoisotopic (exact) mass is 448 g/mol. The molecule has 2 nitrogen and oxygen atoms in total. The lowest BCUT2D eigenvalue weighted by molar-refractivity contribution is 0.148. The largest absolute Gasteiger partial charge is 0.500 e. The SMILES string of the molecule is [B]COc1ccc(-c2ccc(-c3ccc(C4=CCC(COC)CC4)c(F)c3)cc2)c(F)c1F. The highest BCUT2D eigenvalue weighted by Crippen LogP contribution is 2.34. The molecule has 0 aliphatic heterocycles. The highest BCUT2D eigenvalue weighted by molar-refractivity contribution is 6.08. The molecule has 0 amide bonds. The molecule has 6 heteroatoms. The number of ether oxygens (including phenoxy) is 2. The molecule has 1 aliphatic carbocycles. The molecule has 0 bridgehead atoms. The van der Waals surface area contributed by atoms with Crippen molar-refractivity contribution in [3.63, 3.8) is 0 Å². The van der Waals surface area contributed by atoms with E-state index in [9.17, 15) is 13.2 Å².